The first-order valence-corrected chi connectivity index (χ1v) is 6.24. The largest absolute Gasteiger partial charge is 0.391 e. The number of nitrogens with zero attached hydrogens (tertiary/aromatic N) is 1. The number of aliphatic hydroxyl groups excluding tert-OH is 1. The van der Waals surface area contributed by atoms with E-state index in [2.05, 4.69) is 18.7 Å². The molecule has 0 bridgehead atoms. The van der Waals surface area contributed by atoms with Crippen LogP contribution in [0.25, 0.3) is 0 Å². The molecule has 1 N–H and O–H groups in total. The maximum atomic E-state index is 10.0. The van der Waals surface area contributed by atoms with Gasteiger partial charge in [-0.1, -0.05) is 12.8 Å². The molecular weight excluding hydrogens is 190 g/mol. The van der Waals surface area contributed by atoms with Crippen LogP contribution in [-0.2, 0) is 4.74 Å². The molecule has 0 spiro atoms. The van der Waals surface area contributed by atoms with Crippen molar-refractivity contribution < 1.29 is 9.84 Å². The average molecular weight is 213 g/mol. The van der Waals surface area contributed by atoms with Crippen LogP contribution >= 0.6 is 0 Å². The third-order valence-electron chi connectivity index (χ3n) is 3.78. The normalized spacial score (nSPS) is 44.2. The molecule has 1 saturated heterocycles. The molecule has 2 unspecified atom stereocenters. The Morgan fingerprint density at radius 1 is 1.20 bits per heavy atom. The molecule has 1 heterocycles. The molecule has 1 saturated carbocycles. The topological polar surface area (TPSA) is 32.7 Å². The Labute approximate surface area is 92.4 Å². The lowest BCUT2D eigenvalue weighted by molar-refractivity contribution is -0.0947. The third-order valence-corrected chi connectivity index (χ3v) is 3.78. The lowest BCUT2D eigenvalue weighted by atomic mass is 9.90. The maximum Gasteiger partial charge on any atom is 0.0695 e. The van der Waals surface area contributed by atoms with E-state index in [1.54, 1.807) is 0 Å². The Morgan fingerprint density at radius 3 is 2.67 bits per heavy atom. The highest BCUT2D eigenvalue weighted by molar-refractivity contribution is 4.88. The Bertz CT molecular complexity index is 210. The smallest absolute Gasteiger partial charge is 0.0695 e. The minimum atomic E-state index is -0.119. The number of ether oxygens (including phenoxy) is 1. The summed E-state index contributed by atoms with van der Waals surface area (Å²) in [5.74, 6) is 0. The molecule has 0 amide bonds. The van der Waals surface area contributed by atoms with Gasteiger partial charge in [0.1, 0.15) is 0 Å². The Balaban J connectivity index is 1.99. The van der Waals surface area contributed by atoms with Crippen LogP contribution in [-0.4, -0.2) is 47.4 Å². The lowest BCUT2D eigenvalue weighted by Crippen LogP contribution is -2.56. The fourth-order valence-corrected chi connectivity index (χ4v) is 2.87. The first kappa shape index (κ1) is 11.4. The molecule has 3 nitrogen and oxygen atoms in total. The van der Waals surface area contributed by atoms with Crippen LogP contribution in [0.2, 0.25) is 0 Å². The minimum absolute atomic E-state index is 0.119. The van der Waals surface area contributed by atoms with Crippen molar-refractivity contribution in [2.24, 2.45) is 0 Å². The standard InChI is InChI=1S/C12H23NO2/c1-9-8-15-10(2)7-13(9)11-5-3-4-6-12(11)14/h9-12,14H,3-8H2,1-2H3/t9?,10?,11-,12-/m0/s1. The molecule has 1 aliphatic carbocycles. The van der Waals surface area contributed by atoms with Crippen LogP contribution in [0.5, 0.6) is 0 Å². The number of aliphatic hydroxyl groups is 1. The van der Waals surface area contributed by atoms with E-state index < -0.39 is 0 Å². The van der Waals surface area contributed by atoms with E-state index in [0.29, 0.717) is 18.2 Å². The van der Waals surface area contributed by atoms with Crippen LogP contribution in [0.1, 0.15) is 39.5 Å². The Hall–Kier alpha value is -0.120. The second-order valence-electron chi connectivity index (χ2n) is 5.11. The Kier molecular flexibility index (Phi) is 3.65. The first-order valence-electron chi connectivity index (χ1n) is 6.24. The van der Waals surface area contributed by atoms with E-state index >= 15 is 0 Å². The van der Waals surface area contributed by atoms with Crippen molar-refractivity contribution in [3.8, 4) is 0 Å². The molecule has 0 radical (unpaired) electrons. The van der Waals surface area contributed by atoms with Crippen LogP contribution in [0.4, 0.5) is 0 Å². The molecule has 1 aliphatic heterocycles. The maximum absolute atomic E-state index is 10.0. The van der Waals surface area contributed by atoms with E-state index in [1.807, 2.05) is 0 Å². The quantitative estimate of drug-likeness (QED) is 0.714. The van der Waals surface area contributed by atoms with E-state index in [1.165, 1.54) is 12.8 Å². The summed E-state index contributed by atoms with van der Waals surface area (Å²) in [6, 6.07) is 0.832. The van der Waals surface area contributed by atoms with Crippen LogP contribution in [0, 0.1) is 0 Å². The molecule has 0 aromatic heterocycles. The molecule has 2 fully saturated rings. The van der Waals surface area contributed by atoms with E-state index in [-0.39, 0.29) is 6.10 Å². The van der Waals surface area contributed by atoms with Gasteiger partial charge in [0.2, 0.25) is 0 Å². The average Bonchev–Trinajstić information content (AvgIpc) is 2.23. The highest BCUT2D eigenvalue weighted by atomic mass is 16.5. The van der Waals surface area contributed by atoms with Crippen molar-refractivity contribution in [3.63, 3.8) is 0 Å². The van der Waals surface area contributed by atoms with Crippen molar-refractivity contribution in [1.82, 2.24) is 4.90 Å². The zero-order valence-corrected chi connectivity index (χ0v) is 9.85. The second kappa shape index (κ2) is 4.81. The summed E-state index contributed by atoms with van der Waals surface area (Å²) in [5.41, 5.74) is 0. The van der Waals surface area contributed by atoms with Crippen molar-refractivity contribution in [2.45, 2.75) is 63.8 Å². The van der Waals surface area contributed by atoms with Crippen molar-refractivity contribution in [3.05, 3.63) is 0 Å². The van der Waals surface area contributed by atoms with Crippen molar-refractivity contribution in [1.29, 1.82) is 0 Å². The summed E-state index contributed by atoms with van der Waals surface area (Å²) in [4.78, 5) is 2.46. The predicted molar refractivity (Wildman–Crippen MR) is 59.8 cm³/mol. The van der Waals surface area contributed by atoms with Gasteiger partial charge in [0.15, 0.2) is 0 Å². The van der Waals surface area contributed by atoms with E-state index in [0.717, 1.165) is 26.0 Å². The molecule has 3 heteroatoms. The van der Waals surface area contributed by atoms with Crippen molar-refractivity contribution in [2.75, 3.05) is 13.2 Å². The van der Waals surface area contributed by atoms with Gasteiger partial charge in [-0.25, -0.2) is 0 Å². The molecule has 15 heavy (non-hydrogen) atoms. The zero-order chi connectivity index (χ0) is 10.8. The molecule has 88 valence electrons. The minimum Gasteiger partial charge on any atom is -0.391 e. The molecule has 2 rings (SSSR count). The molecule has 2 aliphatic rings. The Morgan fingerprint density at radius 2 is 1.93 bits per heavy atom. The summed E-state index contributed by atoms with van der Waals surface area (Å²) in [6.45, 7) is 6.11. The van der Waals surface area contributed by atoms with Crippen LogP contribution in [0.15, 0.2) is 0 Å². The van der Waals surface area contributed by atoms with Crippen molar-refractivity contribution >= 4 is 0 Å². The number of morpholine rings is 1. The summed E-state index contributed by atoms with van der Waals surface area (Å²) >= 11 is 0. The van der Waals surface area contributed by atoms with Gasteiger partial charge in [-0.05, 0) is 26.7 Å². The fraction of sp³-hybridized carbons (Fsp3) is 1.00. The summed E-state index contributed by atoms with van der Waals surface area (Å²) in [7, 11) is 0. The summed E-state index contributed by atoms with van der Waals surface area (Å²) in [6.07, 6.45) is 4.77. The summed E-state index contributed by atoms with van der Waals surface area (Å²) < 4.78 is 5.62. The summed E-state index contributed by atoms with van der Waals surface area (Å²) in [5, 5.41) is 10.0. The van der Waals surface area contributed by atoms with Gasteiger partial charge in [0.25, 0.3) is 0 Å². The number of rotatable bonds is 1. The van der Waals surface area contributed by atoms with Crippen LogP contribution in [0.3, 0.4) is 0 Å². The highest BCUT2D eigenvalue weighted by Crippen LogP contribution is 2.26. The van der Waals surface area contributed by atoms with Gasteiger partial charge in [0.05, 0.1) is 18.8 Å². The lowest BCUT2D eigenvalue weighted by Gasteiger charge is -2.45. The van der Waals surface area contributed by atoms with Gasteiger partial charge >= 0.3 is 0 Å². The number of hydrogen-bond acceptors (Lipinski definition) is 3. The molecule has 0 aromatic carbocycles. The fourth-order valence-electron chi connectivity index (χ4n) is 2.87. The van der Waals surface area contributed by atoms with Gasteiger partial charge in [-0.15, -0.1) is 0 Å². The third kappa shape index (κ3) is 2.52. The molecule has 0 aromatic rings. The molecular formula is C12H23NO2. The highest BCUT2D eigenvalue weighted by Gasteiger charge is 2.34. The first-order chi connectivity index (χ1) is 7.18. The zero-order valence-electron chi connectivity index (χ0n) is 9.85. The monoisotopic (exact) mass is 213 g/mol. The van der Waals surface area contributed by atoms with Crippen LogP contribution < -0.4 is 0 Å². The van der Waals surface area contributed by atoms with Gasteiger partial charge in [0, 0.05) is 18.6 Å². The van der Waals surface area contributed by atoms with Gasteiger partial charge < -0.3 is 9.84 Å². The SMILES string of the molecule is CC1CN([C@H]2CCCC[C@@H]2O)C(C)CO1. The molecule has 4 atom stereocenters. The number of hydrogen-bond donors (Lipinski definition) is 1. The second-order valence-corrected chi connectivity index (χ2v) is 5.11. The predicted octanol–water partition coefficient (Wildman–Crippen LogP) is 1.40. The van der Waals surface area contributed by atoms with Gasteiger partial charge in [-0.2, -0.15) is 0 Å². The van der Waals surface area contributed by atoms with E-state index in [9.17, 15) is 5.11 Å². The van der Waals surface area contributed by atoms with Gasteiger partial charge in [-0.3, -0.25) is 4.90 Å². The van der Waals surface area contributed by atoms with E-state index in [4.69, 9.17) is 4.74 Å².